The van der Waals surface area contributed by atoms with Gasteiger partial charge in [0.25, 0.3) is 17.3 Å². The molecule has 2 aromatic rings. The standard InChI is InChI=1S/C15H9BrF3N3O5/c1-7-10(5-9(21(24)25)6-13(7)22(26)27)14(23)20-8-2-3-12(16)11(4-8)15(17,18)19/h2-6H,1H3,(H,20,23). The highest BCUT2D eigenvalue weighted by Crippen LogP contribution is 2.36. The summed E-state index contributed by atoms with van der Waals surface area (Å²) < 4.78 is 38.6. The van der Waals surface area contributed by atoms with E-state index in [1.165, 1.54) is 13.0 Å². The number of hydrogen-bond acceptors (Lipinski definition) is 5. The van der Waals surface area contributed by atoms with Crippen LogP contribution in [-0.4, -0.2) is 15.8 Å². The molecular formula is C15H9BrF3N3O5. The smallest absolute Gasteiger partial charge is 0.322 e. The van der Waals surface area contributed by atoms with Gasteiger partial charge in [0, 0.05) is 21.8 Å². The van der Waals surface area contributed by atoms with Crippen molar-refractivity contribution in [2.24, 2.45) is 0 Å². The molecule has 0 aliphatic carbocycles. The fraction of sp³-hybridized carbons (Fsp3) is 0.133. The maximum atomic E-state index is 12.9. The second-order valence-electron chi connectivity index (χ2n) is 5.30. The van der Waals surface area contributed by atoms with Crippen LogP contribution in [0.25, 0.3) is 0 Å². The number of non-ortho nitro benzene ring substituents is 1. The topological polar surface area (TPSA) is 115 Å². The molecule has 1 amide bonds. The lowest BCUT2D eigenvalue weighted by molar-refractivity contribution is -0.394. The molecule has 0 aliphatic heterocycles. The first-order valence-corrected chi connectivity index (χ1v) is 7.82. The Hall–Kier alpha value is -3.02. The highest BCUT2D eigenvalue weighted by Gasteiger charge is 2.33. The van der Waals surface area contributed by atoms with Crippen molar-refractivity contribution in [1.82, 2.24) is 0 Å². The van der Waals surface area contributed by atoms with Gasteiger partial charge in [-0.15, -0.1) is 0 Å². The fourth-order valence-corrected chi connectivity index (χ4v) is 2.71. The fourth-order valence-electron chi connectivity index (χ4n) is 2.23. The van der Waals surface area contributed by atoms with Crippen LogP contribution >= 0.6 is 15.9 Å². The summed E-state index contributed by atoms with van der Waals surface area (Å²) in [6.45, 7) is 1.21. The Balaban J connectivity index is 2.47. The molecule has 0 aliphatic rings. The molecule has 0 atom stereocenters. The highest BCUT2D eigenvalue weighted by molar-refractivity contribution is 9.10. The average molecular weight is 448 g/mol. The molecule has 0 unspecified atom stereocenters. The van der Waals surface area contributed by atoms with Crippen LogP contribution in [0, 0.1) is 27.2 Å². The van der Waals surface area contributed by atoms with E-state index in [1.807, 2.05) is 0 Å². The number of alkyl halides is 3. The number of halogens is 4. The predicted octanol–water partition coefficient (Wildman–Crippen LogP) is 4.85. The van der Waals surface area contributed by atoms with Crippen molar-refractivity contribution in [3.05, 3.63) is 71.7 Å². The lowest BCUT2D eigenvalue weighted by atomic mass is 10.0. The zero-order valence-corrected chi connectivity index (χ0v) is 14.9. The van der Waals surface area contributed by atoms with Gasteiger partial charge in [-0.3, -0.25) is 25.0 Å². The second kappa shape index (κ2) is 7.31. The molecule has 1 N–H and O–H groups in total. The van der Waals surface area contributed by atoms with Gasteiger partial charge in [-0.25, -0.2) is 0 Å². The number of carbonyl (C=O) groups excluding carboxylic acids is 1. The summed E-state index contributed by atoms with van der Waals surface area (Å²) in [7, 11) is 0. The highest BCUT2D eigenvalue weighted by atomic mass is 79.9. The van der Waals surface area contributed by atoms with Crippen LogP contribution in [0.4, 0.5) is 30.2 Å². The van der Waals surface area contributed by atoms with Crippen molar-refractivity contribution in [2.45, 2.75) is 13.1 Å². The van der Waals surface area contributed by atoms with Crippen LogP contribution in [0.2, 0.25) is 0 Å². The van der Waals surface area contributed by atoms with Crippen molar-refractivity contribution in [2.75, 3.05) is 5.32 Å². The molecule has 27 heavy (non-hydrogen) atoms. The van der Waals surface area contributed by atoms with E-state index in [9.17, 15) is 38.2 Å². The molecule has 0 bridgehead atoms. The normalized spacial score (nSPS) is 11.1. The first kappa shape index (κ1) is 20.3. The van der Waals surface area contributed by atoms with Crippen LogP contribution in [0.1, 0.15) is 21.5 Å². The Kier molecular flexibility index (Phi) is 5.49. The van der Waals surface area contributed by atoms with E-state index in [-0.39, 0.29) is 15.7 Å². The summed E-state index contributed by atoms with van der Waals surface area (Å²) in [6, 6.07) is 4.44. The summed E-state index contributed by atoms with van der Waals surface area (Å²) in [6.07, 6.45) is -4.68. The van der Waals surface area contributed by atoms with Crippen LogP contribution in [0.3, 0.4) is 0 Å². The minimum Gasteiger partial charge on any atom is -0.322 e. The van der Waals surface area contributed by atoms with Gasteiger partial charge in [0.05, 0.1) is 27.0 Å². The van der Waals surface area contributed by atoms with Gasteiger partial charge in [-0.05, 0) is 25.1 Å². The lowest BCUT2D eigenvalue weighted by Gasteiger charge is -2.12. The maximum absolute atomic E-state index is 12.9. The van der Waals surface area contributed by atoms with Crippen LogP contribution in [0.5, 0.6) is 0 Å². The molecule has 12 heteroatoms. The molecule has 0 aromatic heterocycles. The number of nitro benzene ring substituents is 2. The summed E-state index contributed by atoms with van der Waals surface area (Å²) in [4.78, 5) is 32.6. The van der Waals surface area contributed by atoms with Crippen LogP contribution in [-0.2, 0) is 6.18 Å². The summed E-state index contributed by atoms with van der Waals surface area (Å²) in [5, 5.41) is 24.1. The second-order valence-corrected chi connectivity index (χ2v) is 6.15. The van der Waals surface area contributed by atoms with Gasteiger partial charge in [-0.2, -0.15) is 13.2 Å². The van der Waals surface area contributed by atoms with Crippen molar-refractivity contribution >= 4 is 38.9 Å². The van der Waals surface area contributed by atoms with Gasteiger partial charge < -0.3 is 5.32 Å². The van der Waals surface area contributed by atoms with Crippen LogP contribution < -0.4 is 5.32 Å². The Bertz CT molecular complexity index is 962. The molecule has 142 valence electrons. The van der Waals surface area contributed by atoms with E-state index >= 15 is 0 Å². The van der Waals surface area contributed by atoms with E-state index in [0.717, 1.165) is 12.1 Å². The van der Waals surface area contributed by atoms with Gasteiger partial charge in [0.1, 0.15) is 0 Å². The summed E-state index contributed by atoms with van der Waals surface area (Å²) in [5.74, 6) is -1.02. The number of nitrogens with zero attached hydrogens (tertiary/aromatic N) is 2. The van der Waals surface area contributed by atoms with Gasteiger partial charge in [-0.1, -0.05) is 15.9 Å². The number of amides is 1. The van der Waals surface area contributed by atoms with E-state index in [1.54, 1.807) is 0 Å². The molecule has 0 radical (unpaired) electrons. The minimum absolute atomic E-state index is 0.156. The van der Waals surface area contributed by atoms with E-state index in [2.05, 4.69) is 21.2 Å². The number of benzene rings is 2. The zero-order valence-electron chi connectivity index (χ0n) is 13.3. The van der Waals surface area contributed by atoms with Crippen molar-refractivity contribution in [3.63, 3.8) is 0 Å². The molecule has 0 heterocycles. The Morgan fingerprint density at radius 3 is 2.26 bits per heavy atom. The summed E-state index contributed by atoms with van der Waals surface area (Å²) >= 11 is 2.76. The lowest BCUT2D eigenvalue weighted by Crippen LogP contribution is -2.16. The number of nitrogens with one attached hydrogen (secondary N) is 1. The first-order chi connectivity index (χ1) is 12.4. The van der Waals surface area contributed by atoms with Crippen molar-refractivity contribution in [3.8, 4) is 0 Å². The molecule has 2 rings (SSSR count). The third-order valence-electron chi connectivity index (χ3n) is 3.55. The number of hydrogen-bond donors (Lipinski definition) is 1. The van der Waals surface area contributed by atoms with Gasteiger partial charge in [0.2, 0.25) is 0 Å². The Morgan fingerprint density at radius 1 is 1.11 bits per heavy atom. The van der Waals surface area contributed by atoms with E-state index in [4.69, 9.17) is 0 Å². The van der Waals surface area contributed by atoms with Crippen molar-refractivity contribution < 1.29 is 27.8 Å². The molecule has 0 fully saturated rings. The van der Waals surface area contributed by atoms with Gasteiger partial charge in [0.15, 0.2) is 0 Å². The van der Waals surface area contributed by atoms with E-state index < -0.39 is 44.4 Å². The molecule has 0 saturated heterocycles. The largest absolute Gasteiger partial charge is 0.417 e. The zero-order chi connectivity index (χ0) is 20.5. The third kappa shape index (κ3) is 4.39. The van der Waals surface area contributed by atoms with E-state index in [0.29, 0.717) is 12.1 Å². The minimum atomic E-state index is -4.68. The Morgan fingerprint density at radius 2 is 1.74 bits per heavy atom. The third-order valence-corrected chi connectivity index (χ3v) is 4.24. The van der Waals surface area contributed by atoms with Gasteiger partial charge >= 0.3 is 6.18 Å². The molecule has 8 nitrogen and oxygen atoms in total. The predicted molar refractivity (Wildman–Crippen MR) is 91.6 cm³/mol. The molecule has 0 spiro atoms. The molecular weight excluding hydrogens is 439 g/mol. The van der Waals surface area contributed by atoms with Crippen molar-refractivity contribution in [1.29, 1.82) is 0 Å². The number of carbonyl (C=O) groups is 1. The number of rotatable bonds is 4. The quantitative estimate of drug-likeness (QED) is 0.531. The number of nitro groups is 2. The first-order valence-electron chi connectivity index (χ1n) is 7.03. The monoisotopic (exact) mass is 447 g/mol. The average Bonchev–Trinajstić information content (AvgIpc) is 2.55. The number of anilines is 1. The summed E-state index contributed by atoms with van der Waals surface area (Å²) in [5.41, 5.74) is -3.17. The molecule has 0 saturated carbocycles. The van der Waals surface area contributed by atoms with Crippen LogP contribution in [0.15, 0.2) is 34.8 Å². The SMILES string of the molecule is Cc1c(C(=O)Nc2ccc(Br)c(C(F)(F)F)c2)cc([N+](=O)[O-])cc1[N+](=O)[O-]. The molecule has 2 aromatic carbocycles. The Labute approximate surface area is 157 Å². The maximum Gasteiger partial charge on any atom is 0.417 e.